The Morgan fingerprint density at radius 1 is 0.610 bits per heavy atom. The number of aryl methyl sites for hydroxylation is 2. The van der Waals surface area contributed by atoms with Gasteiger partial charge in [0.1, 0.15) is 45.8 Å². The van der Waals surface area contributed by atoms with E-state index in [4.69, 9.17) is 35.3 Å². The molecule has 5 aromatic rings. The Kier molecular flexibility index (Phi) is 13.1. The van der Waals surface area contributed by atoms with E-state index >= 15 is 0 Å². The van der Waals surface area contributed by atoms with E-state index < -0.39 is 29.6 Å². The smallest absolute Gasteiger partial charge is 0.347 e. The van der Waals surface area contributed by atoms with Crippen LogP contribution in [0.5, 0.6) is 34.5 Å². The summed E-state index contributed by atoms with van der Waals surface area (Å²) >= 11 is 6.61. The minimum absolute atomic E-state index is 0.117. The lowest BCUT2D eigenvalue weighted by Crippen LogP contribution is -2.18. The van der Waals surface area contributed by atoms with Gasteiger partial charge in [0.2, 0.25) is 0 Å². The van der Waals surface area contributed by atoms with E-state index in [0.717, 1.165) is 5.56 Å². The third-order valence-electron chi connectivity index (χ3n) is 10.9. The van der Waals surface area contributed by atoms with E-state index in [9.17, 15) is 29.4 Å². The van der Waals surface area contributed by atoms with Crippen LogP contribution in [-0.2, 0) is 13.0 Å². The number of halogens is 1. The van der Waals surface area contributed by atoms with Crippen molar-refractivity contribution in [1.29, 1.82) is 0 Å². The topological polar surface area (TPSA) is 155 Å². The number of carboxylic acid groups (broad SMARTS) is 1. The van der Waals surface area contributed by atoms with Crippen LogP contribution in [-0.4, -0.2) is 41.2 Å². The van der Waals surface area contributed by atoms with Gasteiger partial charge in [0, 0.05) is 6.07 Å². The predicted molar refractivity (Wildman–Crippen MR) is 224 cm³/mol. The normalized spacial score (nSPS) is 10.9. The first-order valence-electron chi connectivity index (χ1n) is 18.8. The maximum atomic E-state index is 13.8. The molecular formula is C47H47ClO11. The van der Waals surface area contributed by atoms with Crippen LogP contribution in [0.1, 0.15) is 110 Å². The van der Waals surface area contributed by atoms with E-state index in [1.807, 2.05) is 37.3 Å². The lowest BCUT2D eigenvalue weighted by molar-refractivity contribution is 0.0689. The first-order chi connectivity index (χ1) is 27.8. The summed E-state index contributed by atoms with van der Waals surface area (Å²) < 4.78 is 29.1. The minimum Gasteiger partial charge on any atom is -0.505 e. The molecule has 0 saturated carbocycles. The summed E-state index contributed by atoms with van der Waals surface area (Å²) in [7, 11) is 1.42. The van der Waals surface area contributed by atoms with Crippen molar-refractivity contribution in [3.05, 3.63) is 137 Å². The standard InChI is InChI=1S/C47H47ClO11/c1-12-33-30(10)38(44(50)51)26(6)28(8)42(33)58-45(52)36-23(3)19-34(24(4)25(36)5)57-47(54)39-27(7)29(9)43(40(48)41(39)49)59-46(53)37-22(2)18-32(20-35(37)55-11)56-21-31-16-14-13-15-17-31/h13-20,49H,12,21H2,1-11H3,(H,50,51). The maximum absolute atomic E-state index is 13.8. The minimum atomic E-state index is -1.05. The third kappa shape index (κ3) is 8.47. The monoisotopic (exact) mass is 822 g/mol. The number of ether oxygens (including phenoxy) is 5. The van der Waals surface area contributed by atoms with Gasteiger partial charge in [-0.25, -0.2) is 19.2 Å². The van der Waals surface area contributed by atoms with Crippen LogP contribution in [0, 0.1) is 62.3 Å². The number of hydrogen-bond donors (Lipinski definition) is 2. The van der Waals surface area contributed by atoms with Gasteiger partial charge in [-0.15, -0.1) is 0 Å². The van der Waals surface area contributed by atoms with Gasteiger partial charge in [0.05, 0.1) is 18.2 Å². The molecule has 0 radical (unpaired) electrons. The van der Waals surface area contributed by atoms with Crippen LogP contribution in [0.15, 0.2) is 48.5 Å². The van der Waals surface area contributed by atoms with Crippen LogP contribution in [0.4, 0.5) is 0 Å². The van der Waals surface area contributed by atoms with Gasteiger partial charge in [-0.1, -0.05) is 48.9 Å². The number of aromatic carboxylic acids is 1. The Labute approximate surface area is 348 Å². The molecule has 0 atom stereocenters. The van der Waals surface area contributed by atoms with Gasteiger partial charge in [0.25, 0.3) is 0 Å². The highest BCUT2D eigenvalue weighted by molar-refractivity contribution is 6.34. The fourth-order valence-corrected chi connectivity index (χ4v) is 7.51. The number of phenols is 1. The van der Waals surface area contributed by atoms with Crippen molar-refractivity contribution < 1.29 is 53.1 Å². The zero-order valence-corrected chi connectivity index (χ0v) is 35.7. The summed E-state index contributed by atoms with van der Waals surface area (Å²) in [5, 5.41) is 20.7. The second kappa shape index (κ2) is 17.7. The number of carboxylic acids is 1. The van der Waals surface area contributed by atoms with Crippen molar-refractivity contribution in [2.75, 3.05) is 7.11 Å². The maximum Gasteiger partial charge on any atom is 0.347 e. The first kappa shape index (κ1) is 43.8. The van der Waals surface area contributed by atoms with Gasteiger partial charge >= 0.3 is 23.9 Å². The number of carbonyl (C=O) groups excluding carboxylic acids is 3. The van der Waals surface area contributed by atoms with Crippen LogP contribution in [0.25, 0.3) is 0 Å². The molecule has 308 valence electrons. The van der Waals surface area contributed by atoms with E-state index in [1.165, 1.54) is 13.2 Å². The summed E-state index contributed by atoms with van der Waals surface area (Å²) in [5.41, 5.74) is 5.96. The van der Waals surface area contributed by atoms with E-state index in [1.54, 1.807) is 74.4 Å². The fraction of sp³-hybridized carbons (Fsp3) is 0.277. The van der Waals surface area contributed by atoms with Gasteiger partial charge in [-0.2, -0.15) is 0 Å². The highest BCUT2D eigenvalue weighted by Crippen LogP contribution is 2.44. The molecule has 0 saturated heterocycles. The Hall–Kier alpha value is -6.33. The molecule has 5 aromatic carbocycles. The molecule has 0 amide bonds. The number of carbonyl (C=O) groups is 4. The molecule has 0 aromatic heterocycles. The average molecular weight is 823 g/mol. The lowest BCUT2D eigenvalue weighted by Gasteiger charge is -2.21. The zero-order chi connectivity index (χ0) is 43.6. The molecular weight excluding hydrogens is 776 g/mol. The molecule has 0 aliphatic rings. The van der Waals surface area contributed by atoms with Crippen molar-refractivity contribution in [2.45, 2.75) is 82.3 Å². The van der Waals surface area contributed by atoms with Crippen LogP contribution in [0.2, 0.25) is 5.02 Å². The number of esters is 3. The molecule has 0 heterocycles. The Morgan fingerprint density at radius 3 is 1.76 bits per heavy atom. The Morgan fingerprint density at radius 2 is 1.15 bits per heavy atom. The fourth-order valence-electron chi connectivity index (χ4n) is 7.23. The molecule has 2 N–H and O–H groups in total. The van der Waals surface area contributed by atoms with Crippen LogP contribution in [0.3, 0.4) is 0 Å². The third-order valence-corrected chi connectivity index (χ3v) is 11.2. The number of hydrogen-bond acceptors (Lipinski definition) is 10. The molecule has 11 nitrogen and oxygen atoms in total. The number of benzene rings is 5. The molecule has 0 bridgehead atoms. The number of rotatable bonds is 12. The molecule has 5 rings (SSSR count). The van der Waals surface area contributed by atoms with E-state index in [2.05, 4.69) is 0 Å². The second-order valence-electron chi connectivity index (χ2n) is 14.4. The number of methoxy groups -OCH3 is 1. The SMILES string of the molecule is CCc1c(C)c(C(=O)O)c(C)c(C)c1OC(=O)c1c(C)cc(OC(=O)c2c(C)c(C)c(OC(=O)c3c(C)cc(OCc4ccccc4)cc3OC)c(Cl)c2O)c(C)c1C. The van der Waals surface area contributed by atoms with Gasteiger partial charge in [0.15, 0.2) is 11.5 Å². The number of phenolic OH excluding ortho intramolecular Hbond substituents is 1. The quantitative estimate of drug-likeness (QED) is 0.0912. The average Bonchev–Trinajstić information content (AvgIpc) is 3.19. The predicted octanol–water partition coefficient (Wildman–Crippen LogP) is 10.3. The van der Waals surface area contributed by atoms with E-state index in [0.29, 0.717) is 74.6 Å². The van der Waals surface area contributed by atoms with E-state index in [-0.39, 0.29) is 50.1 Å². The molecule has 0 fully saturated rings. The van der Waals surface area contributed by atoms with Crippen molar-refractivity contribution in [3.63, 3.8) is 0 Å². The summed E-state index contributed by atoms with van der Waals surface area (Å²) in [6.07, 6.45) is 0.439. The molecule has 59 heavy (non-hydrogen) atoms. The molecule has 0 unspecified atom stereocenters. The van der Waals surface area contributed by atoms with Crippen molar-refractivity contribution >= 4 is 35.5 Å². The molecule has 0 aliphatic heterocycles. The summed E-state index contributed by atoms with van der Waals surface area (Å²) in [5.74, 6) is -3.12. The van der Waals surface area contributed by atoms with Crippen molar-refractivity contribution in [3.8, 4) is 34.5 Å². The summed E-state index contributed by atoms with van der Waals surface area (Å²) in [6.45, 7) is 17.2. The molecule has 0 aliphatic carbocycles. The largest absolute Gasteiger partial charge is 0.505 e. The summed E-state index contributed by atoms with van der Waals surface area (Å²) in [6, 6.07) is 14.4. The van der Waals surface area contributed by atoms with Crippen molar-refractivity contribution in [2.24, 2.45) is 0 Å². The lowest BCUT2D eigenvalue weighted by atomic mass is 9.91. The van der Waals surface area contributed by atoms with Gasteiger partial charge in [-0.3, -0.25) is 0 Å². The Balaban J connectivity index is 1.40. The van der Waals surface area contributed by atoms with Crippen LogP contribution < -0.4 is 23.7 Å². The van der Waals surface area contributed by atoms with Gasteiger partial charge < -0.3 is 33.9 Å². The zero-order valence-electron chi connectivity index (χ0n) is 35.0. The number of aromatic hydroxyl groups is 1. The Bertz CT molecular complexity index is 2510. The second-order valence-corrected chi connectivity index (χ2v) is 14.8. The highest BCUT2D eigenvalue weighted by Gasteiger charge is 2.30. The first-order valence-corrected chi connectivity index (χ1v) is 19.2. The highest BCUT2D eigenvalue weighted by atomic mass is 35.5. The molecule has 12 heteroatoms. The molecule has 0 spiro atoms. The van der Waals surface area contributed by atoms with Crippen molar-refractivity contribution in [1.82, 2.24) is 0 Å². The van der Waals surface area contributed by atoms with Gasteiger partial charge in [-0.05, 0) is 142 Å². The summed E-state index contributed by atoms with van der Waals surface area (Å²) in [4.78, 5) is 53.3. The van der Waals surface area contributed by atoms with Crippen LogP contribution >= 0.6 is 11.6 Å².